The van der Waals surface area contributed by atoms with Crippen LogP contribution in [-0.4, -0.2) is 42.4 Å². The summed E-state index contributed by atoms with van der Waals surface area (Å²) in [4.78, 5) is 30.4. The highest BCUT2D eigenvalue weighted by Crippen LogP contribution is 2.27. The Bertz CT molecular complexity index is 1030. The van der Waals surface area contributed by atoms with Gasteiger partial charge < -0.3 is 15.0 Å². The third-order valence-corrected chi connectivity index (χ3v) is 5.56. The van der Waals surface area contributed by atoms with E-state index < -0.39 is 0 Å². The van der Waals surface area contributed by atoms with Crippen molar-refractivity contribution in [3.05, 3.63) is 65.2 Å². The molecule has 0 radical (unpaired) electrons. The lowest BCUT2D eigenvalue weighted by atomic mass is 10.0. The van der Waals surface area contributed by atoms with E-state index in [-0.39, 0.29) is 24.5 Å². The summed E-state index contributed by atoms with van der Waals surface area (Å²) in [6.07, 6.45) is 3.91. The summed E-state index contributed by atoms with van der Waals surface area (Å²) in [6, 6.07) is 15.1. The highest BCUT2D eigenvalue weighted by Gasteiger charge is 2.17. The number of amides is 2. The fourth-order valence-corrected chi connectivity index (χ4v) is 3.77. The van der Waals surface area contributed by atoms with Crippen LogP contribution in [0, 0.1) is 0 Å². The van der Waals surface area contributed by atoms with Gasteiger partial charge in [0.25, 0.3) is 5.91 Å². The number of aromatic nitrogens is 1. The van der Waals surface area contributed by atoms with E-state index in [1.807, 2.05) is 55.5 Å². The molecule has 0 spiro atoms. The Morgan fingerprint density at radius 2 is 1.90 bits per heavy atom. The second-order valence-corrected chi connectivity index (χ2v) is 8.00. The molecule has 1 aromatic heterocycles. The van der Waals surface area contributed by atoms with Crippen LogP contribution in [0.4, 0.5) is 0 Å². The van der Waals surface area contributed by atoms with Gasteiger partial charge in [0.1, 0.15) is 10.8 Å². The molecular formula is C23H25N3O3S. The van der Waals surface area contributed by atoms with Crippen molar-refractivity contribution >= 4 is 39.4 Å². The maximum Gasteiger partial charge on any atom is 0.259 e. The van der Waals surface area contributed by atoms with E-state index in [1.165, 1.54) is 11.0 Å². The number of hydrogen-bond donors (Lipinski definition) is 1. The zero-order chi connectivity index (χ0) is 21.5. The highest BCUT2D eigenvalue weighted by atomic mass is 32.1. The van der Waals surface area contributed by atoms with Gasteiger partial charge in [0.15, 0.2) is 6.61 Å². The Balaban J connectivity index is 1.68. The quantitative estimate of drug-likeness (QED) is 0.555. The molecule has 2 amide bonds. The minimum absolute atomic E-state index is 0.0497. The minimum atomic E-state index is -0.233. The summed E-state index contributed by atoms with van der Waals surface area (Å²) in [5.41, 5.74) is 1.76. The molecule has 0 saturated heterocycles. The summed E-state index contributed by atoms with van der Waals surface area (Å²) >= 11 is 1.54. The minimum Gasteiger partial charge on any atom is -0.483 e. The summed E-state index contributed by atoms with van der Waals surface area (Å²) < 4.78 is 6.80. The molecule has 0 aliphatic carbocycles. The first-order valence-corrected chi connectivity index (χ1v) is 10.6. The second-order valence-electron chi connectivity index (χ2n) is 6.94. The first-order chi connectivity index (χ1) is 14.5. The molecule has 0 bridgehead atoms. The van der Waals surface area contributed by atoms with Crippen LogP contribution in [-0.2, 0) is 9.59 Å². The SMILES string of the molecule is CCC(NC(=O)C=Cc1nc2ccccc2s1)c1ccccc1OCC(=O)N(C)C. The van der Waals surface area contributed by atoms with Gasteiger partial charge in [0, 0.05) is 25.7 Å². The number of benzene rings is 2. The van der Waals surface area contributed by atoms with Crippen molar-refractivity contribution < 1.29 is 14.3 Å². The van der Waals surface area contributed by atoms with Crippen molar-refractivity contribution in [2.45, 2.75) is 19.4 Å². The first kappa shape index (κ1) is 21.5. The van der Waals surface area contributed by atoms with E-state index in [2.05, 4.69) is 10.3 Å². The Labute approximate surface area is 180 Å². The number of fused-ring (bicyclic) bond motifs is 1. The maximum absolute atomic E-state index is 12.5. The average Bonchev–Trinajstić information content (AvgIpc) is 3.17. The van der Waals surface area contributed by atoms with Crippen LogP contribution in [0.15, 0.2) is 54.6 Å². The molecule has 0 aliphatic rings. The molecule has 0 aliphatic heterocycles. The number of thiazole rings is 1. The highest BCUT2D eigenvalue weighted by molar-refractivity contribution is 7.19. The Hall–Kier alpha value is -3.19. The van der Waals surface area contributed by atoms with Gasteiger partial charge in [-0.15, -0.1) is 11.3 Å². The number of nitrogens with zero attached hydrogens (tertiary/aromatic N) is 2. The average molecular weight is 424 g/mol. The molecule has 1 heterocycles. The molecule has 7 heteroatoms. The summed E-state index contributed by atoms with van der Waals surface area (Å²) in [5.74, 6) is 0.260. The van der Waals surface area contributed by atoms with Gasteiger partial charge in [-0.25, -0.2) is 4.98 Å². The van der Waals surface area contributed by atoms with Gasteiger partial charge in [-0.1, -0.05) is 37.3 Å². The van der Waals surface area contributed by atoms with Crippen molar-refractivity contribution in [2.75, 3.05) is 20.7 Å². The Kier molecular flexibility index (Phi) is 7.19. The number of para-hydroxylation sites is 2. The van der Waals surface area contributed by atoms with Crippen LogP contribution < -0.4 is 10.1 Å². The standard InChI is InChI=1S/C23H25N3O3S/c1-4-17(16-9-5-7-11-19(16)29-15-23(28)26(2)3)24-21(27)13-14-22-25-18-10-6-8-12-20(18)30-22/h5-14,17H,4,15H2,1-3H3,(H,24,27). The Morgan fingerprint density at radius 3 is 2.63 bits per heavy atom. The molecular weight excluding hydrogens is 398 g/mol. The Morgan fingerprint density at radius 1 is 1.17 bits per heavy atom. The second kappa shape index (κ2) is 10.0. The molecule has 156 valence electrons. The van der Waals surface area contributed by atoms with Crippen LogP contribution in [0.5, 0.6) is 5.75 Å². The normalized spacial score (nSPS) is 12.1. The number of rotatable bonds is 8. The van der Waals surface area contributed by atoms with Crippen molar-refractivity contribution in [1.29, 1.82) is 0 Å². The summed E-state index contributed by atoms with van der Waals surface area (Å²) in [6.45, 7) is 1.94. The molecule has 0 fully saturated rings. The van der Waals surface area contributed by atoms with E-state index in [1.54, 1.807) is 31.5 Å². The van der Waals surface area contributed by atoms with E-state index in [4.69, 9.17) is 4.74 Å². The van der Waals surface area contributed by atoms with Crippen LogP contribution in [0.3, 0.4) is 0 Å². The third kappa shape index (κ3) is 5.45. The number of likely N-dealkylation sites (N-methyl/N-ethyl adjacent to an activating group) is 1. The van der Waals surface area contributed by atoms with Gasteiger partial charge in [0.2, 0.25) is 5.91 Å². The summed E-state index contributed by atoms with van der Waals surface area (Å²) in [5, 5.41) is 3.80. The van der Waals surface area contributed by atoms with E-state index in [0.29, 0.717) is 12.2 Å². The topological polar surface area (TPSA) is 71.5 Å². The zero-order valence-corrected chi connectivity index (χ0v) is 18.1. The third-order valence-electron chi connectivity index (χ3n) is 4.56. The van der Waals surface area contributed by atoms with Gasteiger partial charge >= 0.3 is 0 Å². The predicted molar refractivity (Wildman–Crippen MR) is 120 cm³/mol. The summed E-state index contributed by atoms with van der Waals surface area (Å²) in [7, 11) is 3.37. The maximum atomic E-state index is 12.5. The molecule has 1 unspecified atom stereocenters. The smallest absolute Gasteiger partial charge is 0.259 e. The number of carbonyl (C=O) groups excluding carboxylic acids is 2. The predicted octanol–water partition coefficient (Wildman–Crippen LogP) is 4.04. The van der Waals surface area contributed by atoms with Crippen LogP contribution in [0.25, 0.3) is 16.3 Å². The van der Waals surface area contributed by atoms with Crippen molar-refractivity contribution in [1.82, 2.24) is 15.2 Å². The zero-order valence-electron chi connectivity index (χ0n) is 17.3. The lowest BCUT2D eigenvalue weighted by Gasteiger charge is -2.20. The van der Waals surface area contributed by atoms with Crippen molar-refractivity contribution in [2.24, 2.45) is 0 Å². The van der Waals surface area contributed by atoms with Crippen LogP contribution >= 0.6 is 11.3 Å². The molecule has 30 heavy (non-hydrogen) atoms. The van der Waals surface area contributed by atoms with E-state index in [9.17, 15) is 9.59 Å². The largest absolute Gasteiger partial charge is 0.483 e. The van der Waals surface area contributed by atoms with E-state index >= 15 is 0 Å². The van der Waals surface area contributed by atoms with Crippen molar-refractivity contribution in [3.63, 3.8) is 0 Å². The van der Waals surface area contributed by atoms with E-state index in [0.717, 1.165) is 20.8 Å². The fourth-order valence-electron chi connectivity index (χ4n) is 2.90. The molecule has 1 N–H and O–H groups in total. The molecule has 3 aromatic rings. The molecule has 6 nitrogen and oxygen atoms in total. The van der Waals surface area contributed by atoms with Gasteiger partial charge in [-0.2, -0.15) is 0 Å². The van der Waals surface area contributed by atoms with Gasteiger partial charge in [-0.3, -0.25) is 9.59 Å². The van der Waals surface area contributed by atoms with Crippen LogP contribution in [0.1, 0.15) is 30.0 Å². The first-order valence-electron chi connectivity index (χ1n) is 9.74. The molecule has 2 aromatic carbocycles. The van der Waals surface area contributed by atoms with Crippen LogP contribution in [0.2, 0.25) is 0 Å². The van der Waals surface area contributed by atoms with Gasteiger partial charge in [-0.05, 0) is 30.7 Å². The van der Waals surface area contributed by atoms with Gasteiger partial charge in [0.05, 0.1) is 16.3 Å². The molecule has 3 rings (SSSR count). The number of carbonyl (C=O) groups is 2. The monoisotopic (exact) mass is 423 g/mol. The number of ether oxygens (including phenoxy) is 1. The fraction of sp³-hybridized carbons (Fsp3) is 0.261. The number of nitrogens with one attached hydrogen (secondary N) is 1. The molecule has 1 atom stereocenters. The van der Waals surface area contributed by atoms with Crippen molar-refractivity contribution in [3.8, 4) is 5.75 Å². The number of hydrogen-bond acceptors (Lipinski definition) is 5. The lowest BCUT2D eigenvalue weighted by Crippen LogP contribution is -2.29. The molecule has 0 saturated carbocycles. The lowest BCUT2D eigenvalue weighted by molar-refractivity contribution is -0.130.